The fourth-order valence-corrected chi connectivity index (χ4v) is 6.70. The molecule has 60 heavy (non-hydrogen) atoms. The molecule has 2 aromatic carbocycles. The van der Waals surface area contributed by atoms with Gasteiger partial charge in [-0.1, -0.05) is 62.7 Å². The predicted octanol–water partition coefficient (Wildman–Crippen LogP) is 2.23. The normalized spacial score (nSPS) is 15.0. The molecule has 0 spiro atoms. The zero-order valence-corrected chi connectivity index (χ0v) is 34.9. The molecule has 11 N–H and O–H groups in total. The van der Waals surface area contributed by atoms with Crippen LogP contribution in [0, 0.1) is 5.92 Å². The molecule has 4 rings (SSSR count). The first-order valence-electron chi connectivity index (χ1n) is 20.1. The van der Waals surface area contributed by atoms with Crippen molar-refractivity contribution in [1.29, 1.82) is 0 Å². The lowest BCUT2D eigenvalue weighted by Crippen LogP contribution is -2.59. The number of pyridine rings is 1. The first-order valence-corrected chi connectivity index (χ1v) is 20.1. The molecule has 2 unspecified atom stereocenters. The number of amides is 3. The van der Waals surface area contributed by atoms with E-state index in [0.717, 1.165) is 0 Å². The molecule has 0 saturated heterocycles. The molecule has 3 amide bonds. The molecule has 0 saturated carbocycles. The van der Waals surface area contributed by atoms with Gasteiger partial charge < -0.3 is 48.0 Å². The summed E-state index contributed by atoms with van der Waals surface area (Å²) in [6.45, 7) is 9.25. The van der Waals surface area contributed by atoms with Gasteiger partial charge in [-0.3, -0.25) is 24.2 Å². The lowest BCUT2D eigenvalue weighted by Gasteiger charge is -2.34. The topological polar surface area (TPSA) is 271 Å². The van der Waals surface area contributed by atoms with Crippen LogP contribution in [0.15, 0.2) is 85.5 Å². The van der Waals surface area contributed by atoms with Crippen molar-refractivity contribution in [3.05, 3.63) is 119 Å². The standard InChI is InChI=1S/C44H59N9O7/c1-6-27(2)38(41(58)50-25-32-14-10-11-17-49-32)53-37(55)21-34(54)22-44(47,31-12-8-7-9-13-31)39(56)36(20-33-24-48-26-51-33)52-40(57)35(46)19-28-15-16-29(18-30(28)23-45)42(59)60-43(3,4)5/h7-18,24,26-27,34-36,38,54H,6,19-23,25,45-47H2,1-5H3,(H,48,51)(H,50,58)(H,52,57)(H,53,55)/t27-,34?,35-,36-,38-,44?/m0/s1. The number of nitrogens with one attached hydrogen (secondary N) is 4. The van der Waals surface area contributed by atoms with Gasteiger partial charge in [0.1, 0.15) is 17.2 Å². The van der Waals surface area contributed by atoms with Crippen molar-refractivity contribution in [2.75, 3.05) is 0 Å². The second-order valence-corrected chi connectivity index (χ2v) is 16.1. The van der Waals surface area contributed by atoms with Crippen LogP contribution < -0.4 is 33.2 Å². The van der Waals surface area contributed by atoms with E-state index < -0.39 is 77.7 Å². The van der Waals surface area contributed by atoms with Gasteiger partial charge in [0.25, 0.3) is 0 Å². The molecule has 322 valence electrons. The van der Waals surface area contributed by atoms with Gasteiger partial charge in [0.2, 0.25) is 17.7 Å². The number of nitrogens with two attached hydrogens (primary N) is 3. The van der Waals surface area contributed by atoms with Crippen molar-refractivity contribution in [3.63, 3.8) is 0 Å². The second-order valence-electron chi connectivity index (χ2n) is 16.1. The van der Waals surface area contributed by atoms with E-state index >= 15 is 0 Å². The Bertz CT molecular complexity index is 2040. The molecule has 6 atom stereocenters. The monoisotopic (exact) mass is 825 g/mol. The molecule has 0 bridgehead atoms. The van der Waals surface area contributed by atoms with Crippen molar-refractivity contribution >= 4 is 29.5 Å². The van der Waals surface area contributed by atoms with Crippen molar-refractivity contribution in [2.45, 2.75) is 115 Å². The van der Waals surface area contributed by atoms with Crippen LogP contribution in [-0.2, 0) is 55.4 Å². The summed E-state index contributed by atoms with van der Waals surface area (Å²) in [6, 6.07) is 15.2. The average Bonchev–Trinajstić information content (AvgIpc) is 3.74. The van der Waals surface area contributed by atoms with Crippen LogP contribution in [0.3, 0.4) is 0 Å². The largest absolute Gasteiger partial charge is 0.456 e. The summed E-state index contributed by atoms with van der Waals surface area (Å²) in [5.74, 6) is -3.11. The summed E-state index contributed by atoms with van der Waals surface area (Å²) in [6.07, 6.45) is 2.78. The number of rotatable bonds is 21. The Morgan fingerprint density at radius 2 is 1.65 bits per heavy atom. The van der Waals surface area contributed by atoms with E-state index in [1.165, 1.54) is 12.5 Å². The highest BCUT2D eigenvalue weighted by Crippen LogP contribution is 2.29. The van der Waals surface area contributed by atoms with E-state index in [2.05, 4.69) is 30.9 Å². The zero-order valence-electron chi connectivity index (χ0n) is 34.9. The Hall–Kier alpha value is -5.81. The van der Waals surface area contributed by atoms with Crippen molar-refractivity contribution in [2.24, 2.45) is 23.1 Å². The number of aromatic amines is 1. The number of nitrogens with zero attached hydrogens (tertiary/aromatic N) is 2. The number of imidazole rings is 1. The number of Topliss-reactive ketones (excluding diaryl/α,β-unsaturated/α-hetero) is 1. The number of H-pyrrole nitrogens is 1. The number of carbonyl (C=O) groups is 5. The van der Waals surface area contributed by atoms with E-state index in [0.29, 0.717) is 40.1 Å². The maximum absolute atomic E-state index is 14.8. The molecule has 0 radical (unpaired) electrons. The minimum Gasteiger partial charge on any atom is -0.456 e. The maximum atomic E-state index is 14.8. The molecule has 16 nitrogen and oxygen atoms in total. The number of esters is 1. The zero-order chi connectivity index (χ0) is 44.0. The SMILES string of the molecule is CC[C@H](C)[C@H](NC(=O)CC(O)CC(N)(C(=O)[C@H](Cc1cnc[nH]1)NC(=O)[C@@H](N)Cc1ccc(C(=O)OC(C)(C)C)cc1CN)c1ccccc1)C(=O)NCc1ccccn1. The van der Waals surface area contributed by atoms with Gasteiger partial charge >= 0.3 is 5.97 Å². The van der Waals surface area contributed by atoms with Gasteiger partial charge in [-0.05, 0) is 74.1 Å². The lowest BCUT2D eigenvalue weighted by atomic mass is 9.77. The summed E-state index contributed by atoms with van der Waals surface area (Å²) >= 11 is 0. The van der Waals surface area contributed by atoms with Crippen LogP contribution in [0.2, 0.25) is 0 Å². The lowest BCUT2D eigenvalue weighted by molar-refractivity contribution is -0.133. The first-order chi connectivity index (χ1) is 28.4. The van der Waals surface area contributed by atoms with Crippen molar-refractivity contribution in [1.82, 2.24) is 30.9 Å². The number of hydrogen-bond acceptors (Lipinski definition) is 12. The molecular formula is C44H59N9O7. The Morgan fingerprint density at radius 3 is 2.27 bits per heavy atom. The average molecular weight is 826 g/mol. The Labute approximate surface area is 350 Å². The summed E-state index contributed by atoms with van der Waals surface area (Å²) in [4.78, 5) is 79.2. The molecule has 0 aliphatic carbocycles. The number of ketones is 1. The van der Waals surface area contributed by atoms with Gasteiger partial charge in [0.05, 0.1) is 48.7 Å². The molecule has 4 aromatic rings. The minimum atomic E-state index is -1.91. The molecule has 16 heteroatoms. The van der Waals surface area contributed by atoms with E-state index in [4.69, 9.17) is 21.9 Å². The highest BCUT2D eigenvalue weighted by molar-refractivity contribution is 5.97. The molecule has 0 aliphatic heterocycles. The number of carbonyl (C=O) groups excluding carboxylic acids is 5. The van der Waals surface area contributed by atoms with E-state index in [1.807, 2.05) is 13.8 Å². The molecule has 2 aromatic heterocycles. The van der Waals surface area contributed by atoms with E-state index in [1.54, 1.807) is 93.7 Å². The Morgan fingerprint density at radius 1 is 0.933 bits per heavy atom. The number of aromatic nitrogens is 3. The fourth-order valence-electron chi connectivity index (χ4n) is 6.70. The summed E-state index contributed by atoms with van der Waals surface area (Å²) in [5, 5.41) is 19.8. The maximum Gasteiger partial charge on any atom is 0.338 e. The number of hydrogen-bond donors (Lipinski definition) is 8. The Balaban J connectivity index is 1.53. The third kappa shape index (κ3) is 13.4. The summed E-state index contributed by atoms with van der Waals surface area (Å²) in [5.41, 5.74) is 19.9. The smallest absolute Gasteiger partial charge is 0.338 e. The number of benzene rings is 2. The van der Waals surface area contributed by atoms with Crippen LogP contribution in [0.4, 0.5) is 0 Å². The van der Waals surface area contributed by atoms with Crippen LogP contribution in [-0.4, -0.2) is 79.4 Å². The molecular weight excluding hydrogens is 767 g/mol. The molecule has 0 aliphatic rings. The van der Waals surface area contributed by atoms with E-state index in [9.17, 15) is 29.1 Å². The summed E-state index contributed by atoms with van der Waals surface area (Å²) in [7, 11) is 0. The highest BCUT2D eigenvalue weighted by atomic mass is 16.6. The second kappa shape index (κ2) is 21.4. The quantitative estimate of drug-likeness (QED) is 0.0562. The fraction of sp³-hybridized carbons (Fsp3) is 0.432. The number of aliphatic hydroxyl groups excluding tert-OH is 1. The molecule has 0 fully saturated rings. The van der Waals surface area contributed by atoms with Crippen LogP contribution in [0.25, 0.3) is 0 Å². The van der Waals surface area contributed by atoms with E-state index in [-0.39, 0.29) is 31.8 Å². The van der Waals surface area contributed by atoms with Gasteiger partial charge in [0.15, 0.2) is 5.78 Å². The third-order valence-corrected chi connectivity index (χ3v) is 10.1. The molecule has 2 heterocycles. The van der Waals surface area contributed by atoms with Crippen LogP contribution in [0.5, 0.6) is 0 Å². The van der Waals surface area contributed by atoms with Gasteiger partial charge in [-0.25, -0.2) is 9.78 Å². The van der Waals surface area contributed by atoms with Crippen LogP contribution in [0.1, 0.15) is 92.3 Å². The summed E-state index contributed by atoms with van der Waals surface area (Å²) < 4.78 is 5.48. The number of ether oxygens (including phenoxy) is 1. The predicted molar refractivity (Wildman–Crippen MR) is 225 cm³/mol. The highest BCUT2D eigenvalue weighted by Gasteiger charge is 2.43. The van der Waals surface area contributed by atoms with Crippen molar-refractivity contribution in [3.8, 4) is 0 Å². The minimum absolute atomic E-state index is 0.0248. The first kappa shape index (κ1) is 46.9. The Kier molecular flexibility index (Phi) is 16.8. The van der Waals surface area contributed by atoms with Crippen molar-refractivity contribution < 1.29 is 33.8 Å². The van der Waals surface area contributed by atoms with Gasteiger partial charge in [0, 0.05) is 37.5 Å². The van der Waals surface area contributed by atoms with Gasteiger partial charge in [-0.2, -0.15) is 0 Å². The van der Waals surface area contributed by atoms with Crippen LogP contribution >= 0.6 is 0 Å². The third-order valence-electron chi connectivity index (χ3n) is 10.1. The van der Waals surface area contributed by atoms with Gasteiger partial charge in [-0.15, -0.1) is 0 Å². The number of aliphatic hydroxyl groups is 1.